The van der Waals surface area contributed by atoms with Crippen molar-refractivity contribution in [2.45, 2.75) is 26.3 Å². The summed E-state index contributed by atoms with van der Waals surface area (Å²) >= 11 is 12.1. The van der Waals surface area contributed by atoms with E-state index in [9.17, 15) is 4.79 Å². The van der Waals surface area contributed by atoms with E-state index >= 15 is 0 Å². The maximum absolute atomic E-state index is 12.6. The molecule has 0 spiro atoms. The molecule has 3 rings (SSSR count). The zero-order valence-electron chi connectivity index (χ0n) is 14.3. The largest absolute Gasteiger partial charge is 0.326 e. The first kappa shape index (κ1) is 18.2. The second kappa shape index (κ2) is 8.22. The highest BCUT2D eigenvalue weighted by atomic mass is 35.5. The van der Waals surface area contributed by atoms with Crippen molar-refractivity contribution in [3.8, 4) is 0 Å². The number of benzene rings is 2. The molecular formula is C20H22Cl2N2O. The van der Waals surface area contributed by atoms with E-state index in [1.165, 1.54) is 5.56 Å². The van der Waals surface area contributed by atoms with Crippen LogP contribution in [0.5, 0.6) is 0 Å². The Morgan fingerprint density at radius 1 is 1.12 bits per heavy atom. The van der Waals surface area contributed by atoms with Gasteiger partial charge in [0, 0.05) is 28.2 Å². The molecule has 1 aliphatic rings. The minimum atomic E-state index is 0.0500. The van der Waals surface area contributed by atoms with Crippen LogP contribution in [0.3, 0.4) is 0 Å². The fraction of sp³-hybridized carbons (Fsp3) is 0.350. The van der Waals surface area contributed by atoms with Gasteiger partial charge in [-0.2, -0.15) is 0 Å². The van der Waals surface area contributed by atoms with Crippen molar-refractivity contribution >= 4 is 34.8 Å². The summed E-state index contributed by atoms with van der Waals surface area (Å²) in [6, 6.07) is 13.5. The molecule has 0 unspecified atom stereocenters. The average Bonchev–Trinajstić information content (AvgIpc) is 2.59. The number of amides is 1. The topological polar surface area (TPSA) is 32.3 Å². The van der Waals surface area contributed by atoms with Gasteiger partial charge in [-0.25, -0.2) is 0 Å². The highest BCUT2D eigenvalue weighted by molar-refractivity contribution is 6.31. The Morgan fingerprint density at radius 2 is 1.84 bits per heavy atom. The van der Waals surface area contributed by atoms with E-state index in [1.807, 2.05) is 43.3 Å². The third-order valence-corrected chi connectivity index (χ3v) is 5.18. The molecule has 2 aromatic rings. The van der Waals surface area contributed by atoms with Crippen LogP contribution in [0, 0.1) is 12.8 Å². The van der Waals surface area contributed by atoms with Crippen LogP contribution in [0.15, 0.2) is 42.5 Å². The SMILES string of the molecule is Cc1ccc(Cl)cc1NC(=O)C1CCN(Cc2cccc(Cl)c2)CC1. The van der Waals surface area contributed by atoms with Crippen molar-refractivity contribution in [1.82, 2.24) is 4.90 Å². The number of hydrogen-bond donors (Lipinski definition) is 1. The summed E-state index contributed by atoms with van der Waals surface area (Å²) in [5.74, 6) is 0.141. The van der Waals surface area contributed by atoms with E-state index < -0.39 is 0 Å². The van der Waals surface area contributed by atoms with Crippen LogP contribution >= 0.6 is 23.2 Å². The molecule has 1 saturated heterocycles. The molecule has 5 heteroatoms. The second-order valence-electron chi connectivity index (χ2n) is 6.63. The van der Waals surface area contributed by atoms with Gasteiger partial charge < -0.3 is 5.32 Å². The first-order chi connectivity index (χ1) is 12.0. The van der Waals surface area contributed by atoms with Crippen molar-refractivity contribution < 1.29 is 4.79 Å². The number of carbonyl (C=O) groups is 1. The van der Waals surface area contributed by atoms with E-state index in [2.05, 4.69) is 16.3 Å². The van der Waals surface area contributed by atoms with Crippen molar-refractivity contribution in [3.63, 3.8) is 0 Å². The molecular weight excluding hydrogens is 355 g/mol. The average molecular weight is 377 g/mol. The molecule has 1 N–H and O–H groups in total. The van der Waals surface area contributed by atoms with Gasteiger partial charge in [-0.1, -0.05) is 41.4 Å². The number of hydrogen-bond acceptors (Lipinski definition) is 2. The van der Waals surface area contributed by atoms with Gasteiger partial charge in [-0.3, -0.25) is 9.69 Å². The smallest absolute Gasteiger partial charge is 0.227 e. The summed E-state index contributed by atoms with van der Waals surface area (Å²) in [6.45, 7) is 4.68. The lowest BCUT2D eigenvalue weighted by Crippen LogP contribution is -2.37. The monoisotopic (exact) mass is 376 g/mol. The zero-order valence-corrected chi connectivity index (χ0v) is 15.8. The Labute approximate surface area is 158 Å². The first-order valence-electron chi connectivity index (χ1n) is 8.55. The maximum atomic E-state index is 12.6. The summed E-state index contributed by atoms with van der Waals surface area (Å²) in [4.78, 5) is 14.9. The van der Waals surface area contributed by atoms with Crippen molar-refractivity contribution in [2.75, 3.05) is 18.4 Å². The lowest BCUT2D eigenvalue weighted by molar-refractivity contribution is -0.121. The van der Waals surface area contributed by atoms with E-state index in [-0.39, 0.29) is 11.8 Å². The van der Waals surface area contributed by atoms with Crippen molar-refractivity contribution in [3.05, 3.63) is 63.6 Å². The normalized spacial score (nSPS) is 16.0. The molecule has 0 bridgehead atoms. The molecule has 25 heavy (non-hydrogen) atoms. The van der Waals surface area contributed by atoms with Crippen LogP contribution in [0.4, 0.5) is 5.69 Å². The summed E-state index contributed by atoms with van der Waals surface area (Å²) in [5, 5.41) is 4.44. The van der Waals surface area contributed by atoms with Gasteiger partial charge in [0.1, 0.15) is 0 Å². The minimum Gasteiger partial charge on any atom is -0.326 e. The lowest BCUT2D eigenvalue weighted by Gasteiger charge is -2.31. The molecule has 2 aromatic carbocycles. The number of aryl methyl sites for hydroxylation is 1. The van der Waals surface area contributed by atoms with Crippen LogP contribution in [-0.4, -0.2) is 23.9 Å². The molecule has 0 radical (unpaired) electrons. The molecule has 0 aliphatic carbocycles. The van der Waals surface area contributed by atoms with Gasteiger partial charge in [0.25, 0.3) is 0 Å². The van der Waals surface area contributed by atoms with Gasteiger partial charge in [0.2, 0.25) is 5.91 Å². The maximum Gasteiger partial charge on any atom is 0.227 e. The number of halogens is 2. The van der Waals surface area contributed by atoms with Gasteiger partial charge in [0.15, 0.2) is 0 Å². The summed E-state index contributed by atoms with van der Waals surface area (Å²) in [5.41, 5.74) is 3.04. The molecule has 0 atom stereocenters. The summed E-state index contributed by atoms with van der Waals surface area (Å²) in [6.07, 6.45) is 1.73. The molecule has 132 valence electrons. The highest BCUT2D eigenvalue weighted by Gasteiger charge is 2.25. The molecule has 0 saturated carbocycles. The molecule has 0 aromatic heterocycles. The van der Waals surface area contributed by atoms with Crippen LogP contribution < -0.4 is 5.32 Å². The van der Waals surface area contributed by atoms with E-state index in [1.54, 1.807) is 0 Å². The fourth-order valence-electron chi connectivity index (χ4n) is 3.21. The number of anilines is 1. The quantitative estimate of drug-likeness (QED) is 0.799. The predicted molar refractivity (Wildman–Crippen MR) is 104 cm³/mol. The first-order valence-corrected chi connectivity index (χ1v) is 9.30. The molecule has 1 aliphatic heterocycles. The zero-order chi connectivity index (χ0) is 17.8. The fourth-order valence-corrected chi connectivity index (χ4v) is 3.60. The predicted octanol–water partition coefficient (Wildman–Crippen LogP) is 5.15. The minimum absolute atomic E-state index is 0.0500. The van der Waals surface area contributed by atoms with Gasteiger partial charge in [0.05, 0.1) is 0 Å². The van der Waals surface area contributed by atoms with Crippen molar-refractivity contribution in [2.24, 2.45) is 5.92 Å². The Bertz CT molecular complexity index is 755. The number of rotatable bonds is 4. The second-order valence-corrected chi connectivity index (χ2v) is 7.50. The number of carbonyl (C=O) groups excluding carboxylic acids is 1. The van der Waals surface area contributed by atoms with Gasteiger partial charge >= 0.3 is 0 Å². The Balaban J connectivity index is 1.53. The van der Waals surface area contributed by atoms with Crippen LogP contribution in [0.2, 0.25) is 10.0 Å². The molecule has 1 fully saturated rings. The number of nitrogens with zero attached hydrogens (tertiary/aromatic N) is 1. The number of likely N-dealkylation sites (tertiary alicyclic amines) is 1. The van der Waals surface area contributed by atoms with E-state index in [4.69, 9.17) is 23.2 Å². The Hall–Kier alpha value is -1.55. The van der Waals surface area contributed by atoms with E-state index in [0.717, 1.165) is 48.7 Å². The molecule has 3 nitrogen and oxygen atoms in total. The van der Waals surface area contributed by atoms with Crippen LogP contribution in [0.25, 0.3) is 0 Å². The van der Waals surface area contributed by atoms with Crippen LogP contribution in [-0.2, 0) is 11.3 Å². The molecule has 1 heterocycles. The Kier molecular flexibility index (Phi) is 6.00. The highest BCUT2D eigenvalue weighted by Crippen LogP contribution is 2.24. The van der Waals surface area contributed by atoms with Crippen LogP contribution in [0.1, 0.15) is 24.0 Å². The third kappa shape index (κ3) is 4.97. The van der Waals surface area contributed by atoms with Crippen molar-refractivity contribution in [1.29, 1.82) is 0 Å². The summed E-state index contributed by atoms with van der Waals surface area (Å²) in [7, 11) is 0. The molecule has 1 amide bonds. The van der Waals surface area contributed by atoms with Gasteiger partial charge in [-0.15, -0.1) is 0 Å². The third-order valence-electron chi connectivity index (χ3n) is 4.71. The Morgan fingerprint density at radius 3 is 2.56 bits per heavy atom. The lowest BCUT2D eigenvalue weighted by atomic mass is 9.95. The number of nitrogens with one attached hydrogen (secondary N) is 1. The van der Waals surface area contributed by atoms with Gasteiger partial charge in [-0.05, 0) is 68.2 Å². The summed E-state index contributed by atoms with van der Waals surface area (Å²) < 4.78 is 0. The standard InChI is InChI=1S/C20H22Cl2N2O/c1-14-5-6-18(22)12-19(14)23-20(25)16-7-9-24(10-8-16)13-15-3-2-4-17(21)11-15/h2-6,11-12,16H,7-10,13H2,1H3,(H,23,25). The van der Waals surface area contributed by atoms with E-state index in [0.29, 0.717) is 5.02 Å². The number of piperidine rings is 1.